The zero-order chi connectivity index (χ0) is 13.5. The second kappa shape index (κ2) is 7.01. The number of rotatable bonds is 7. The molecule has 18 heavy (non-hydrogen) atoms. The van der Waals surface area contributed by atoms with Gasteiger partial charge in [0.25, 0.3) is 0 Å². The van der Waals surface area contributed by atoms with Gasteiger partial charge in [0.05, 0.1) is 6.42 Å². The molecule has 0 unspecified atom stereocenters. The number of carbonyl (C=O) groups is 1. The smallest absolute Gasteiger partial charge is 0.304 e. The van der Waals surface area contributed by atoms with E-state index in [0.717, 1.165) is 23.4 Å². The molecule has 1 rings (SSSR count). The second-order valence-electron chi connectivity index (χ2n) is 4.52. The maximum atomic E-state index is 10.4. The van der Waals surface area contributed by atoms with Crippen LogP contribution in [0.1, 0.15) is 17.5 Å². The molecule has 0 aliphatic heterocycles. The predicted octanol–water partition coefficient (Wildman–Crippen LogP) is 2.09. The summed E-state index contributed by atoms with van der Waals surface area (Å²) in [6.45, 7) is 5.89. The van der Waals surface area contributed by atoms with Crippen LogP contribution in [0, 0.1) is 13.8 Å². The highest BCUT2D eigenvalue weighted by Gasteiger charge is 2.05. The van der Waals surface area contributed by atoms with Gasteiger partial charge in [-0.15, -0.1) is 0 Å². The van der Waals surface area contributed by atoms with E-state index in [9.17, 15) is 4.79 Å². The highest BCUT2D eigenvalue weighted by atomic mass is 16.5. The van der Waals surface area contributed by atoms with Crippen molar-refractivity contribution < 1.29 is 14.6 Å². The quantitative estimate of drug-likeness (QED) is 0.806. The van der Waals surface area contributed by atoms with Crippen molar-refractivity contribution in [2.75, 3.05) is 26.7 Å². The topological polar surface area (TPSA) is 49.8 Å². The molecule has 0 fully saturated rings. The molecule has 0 spiro atoms. The molecule has 0 aliphatic carbocycles. The van der Waals surface area contributed by atoms with Crippen molar-refractivity contribution in [3.63, 3.8) is 0 Å². The van der Waals surface area contributed by atoms with Crippen LogP contribution in [0.25, 0.3) is 0 Å². The van der Waals surface area contributed by atoms with E-state index in [0.29, 0.717) is 13.2 Å². The Morgan fingerprint density at radius 2 is 1.89 bits per heavy atom. The molecule has 0 aromatic heterocycles. The number of likely N-dealkylation sites (N-methyl/N-ethyl adjacent to an activating group) is 1. The van der Waals surface area contributed by atoms with Gasteiger partial charge in [0, 0.05) is 13.1 Å². The summed E-state index contributed by atoms with van der Waals surface area (Å²) >= 11 is 0. The molecule has 0 heterocycles. The highest BCUT2D eigenvalue weighted by Crippen LogP contribution is 2.21. The van der Waals surface area contributed by atoms with Crippen LogP contribution in [0.2, 0.25) is 0 Å². The van der Waals surface area contributed by atoms with E-state index in [2.05, 4.69) is 0 Å². The van der Waals surface area contributed by atoms with Crippen LogP contribution in [0.15, 0.2) is 18.2 Å². The molecule has 0 bridgehead atoms. The zero-order valence-corrected chi connectivity index (χ0v) is 11.3. The Bertz CT molecular complexity index is 384. The second-order valence-corrected chi connectivity index (χ2v) is 4.52. The van der Waals surface area contributed by atoms with E-state index in [-0.39, 0.29) is 6.42 Å². The van der Waals surface area contributed by atoms with Gasteiger partial charge in [0.2, 0.25) is 0 Å². The average Bonchev–Trinajstić information content (AvgIpc) is 2.30. The summed E-state index contributed by atoms with van der Waals surface area (Å²) in [7, 11) is 1.90. The number of nitrogens with zero attached hydrogens (tertiary/aromatic N) is 1. The number of para-hydroxylation sites is 1. The van der Waals surface area contributed by atoms with E-state index in [1.165, 1.54) is 0 Å². The minimum Gasteiger partial charge on any atom is -0.492 e. The van der Waals surface area contributed by atoms with Gasteiger partial charge in [0.15, 0.2) is 0 Å². The lowest BCUT2D eigenvalue weighted by molar-refractivity contribution is -0.137. The van der Waals surface area contributed by atoms with E-state index in [4.69, 9.17) is 9.84 Å². The lowest BCUT2D eigenvalue weighted by Crippen LogP contribution is -2.26. The van der Waals surface area contributed by atoms with Crippen LogP contribution in [0.3, 0.4) is 0 Å². The van der Waals surface area contributed by atoms with Crippen LogP contribution >= 0.6 is 0 Å². The molecule has 1 aromatic rings. The number of carboxylic acid groups (broad SMARTS) is 1. The normalized spacial score (nSPS) is 10.7. The first-order chi connectivity index (χ1) is 8.50. The summed E-state index contributed by atoms with van der Waals surface area (Å²) in [6.07, 6.45) is 0.167. The van der Waals surface area contributed by atoms with Crippen molar-refractivity contribution in [3.8, 4) is 5.75 Å². The Kier molecular flexibility index (Phi) is 5.65. The summed E-state index contributed by atoms with van der Waals surface area (Å²) in [6, 6.07) is 6.06. The van der Waals surface area contributed by atoms with Crippen LogP contribution in [-0.2, 0) is 4.79 Å². The maximum absolute atomic E-state index is 10.4. The average molecular weight is 251 g/mol. The van der Waals surface area contributed by atoms with E-state index in [1.807, 2.05) is 44.0 Å². The lowest BCUT2D eigenvalue weighted by Gasteiger charge is -2.17. The van der Waals surface area contributed by atoms with E-state index in [1.54, 1.807) is 0 Å². The first-order valence-electron chi connectivity index (χ1n) is 6.10. The van der Waals surface area contributed by atoms with Gasteiger partial charge in [-0.25, -0.2) is 0 Å². The molecule has 100 valence electrons. The number of benzene rings is 1. The summed E-state index contributed by atoms with van der Waals surface area (Å²) in [4.78, 5) is 12.4. The van der Waals surface area contributed by atoms with Gasteiger partial charge in [-0.1, -0.05) is 18.2 Å². The zero-order valence-electron chi connectivity index (χ0n) is 11.3. The van der Waals surface area contributed by atoms with Gasteiger partial charge in [0.1, 0.15) is 12.4 Å². The van der Waals surface area contributed by atoms with E-state index < -0.39 is 5.97 Å². The fraction of sp³-hybridized carbons (Fsp3) is 0.500. The summed E-state index contributed by atoms with van der Waals surface area (Å²) in [5.74, 6) is 0.168. The Hall–Kier alpha value is -1.55. The third kappa shape index (κ3) is 4.75. The summed E-state index contributed by atoms with van der Waals surface area (Å²) in [5, 5.41) is 8.58. The Morgan fingerprint density at radius 1 is 1.28 bits per heavy atom. The van der Waals surface area contributed by atoms with Gasteiger partial charge in [-0.05, 0) is 32.0 Å². The Labute approximate surface area is 108 Å². The van der Waals surface area contributed by atoms with Crippen molar-refractivity contribution in [1.29, 1.82) is 0 Å². The van der Waals surface area contributed by atoms with Crippen LogP contribution in [0.5, 0.6) is 5.75 Å². The van der Waals surface area contributed by atoms with Crippen molar-refractivity contribution in [1.82, 2.24) is 4.90 Å². The van der Waals surface area contributed by atoms with Crippen molar-refractivity contribution in [2.45, 2.75) is 20.3 Å². The molecule has 0 saturated carbocycles. The number of hydrogen-bond acceptors (Lipinski definition) is 3. The highest BCUT2D eigenvalue weighted by molar-refractivity contribution is 5.66. The Balaban J connectivity index is 2.35. The number of ether oxygens (including phenoxy) is 1. The monoisotopic (exact) mass is 251 g/mol. The molecule has 0 amide bonds. The molecule has 0 aliphatic rings. The van der Waals surface area contributed by atoms with Gasteiger partial charge < -0.3 is 14.7 Å². The standard InChI is InChI=1S/C14H21NO3/c1-11-5-4-6-12(2)14(11)18-10-9-15(3)8-7-13(16)17/h4-6H,7-10H2,1-3H3,(H,16,17). The third-order valence-corrected chi connectivity index (χ3v) is 2.84. The minimum atomic E-state index is -0.766. The molecule has 4 heteroatoms. The molecule has 0 radical (unpaired) electrons. The number of aryl methyl sites for hydroxylation is 2. The van der Waals surface area contributed by atoms with Gasteiger partial charge in [-0.2, -0.15) is 0 Å². The summed E-state index contributed by atoms with van der Waals surface area (Å²) < 4.78 is 5.76. The molecule has 0 atom stereocenters. The fourth-order valence-electron chi connectivity index (χ4n) is 1.73. The SMILES string of the molecule is Cc1cccc(C)c1OCCN(C)CCC(=O)O. The minimum absolute atomic E-state index is 0.167. The number of hydrogen-bond donors (Lipinski definition) is 1. The fourth-order valence-corrected chi connectivity index (χ4v) is 1.73. The predicted molar refractivity (Wildman–Crippen MR) is 71.2 cm³/mol. The Morgan fingerprint density at radius 3 is 2.44 bits per heavy atom. The molecule has 0 saturated heterocycles. The molecule has 4 nitrogen and oxygen atoms in total. The first-order valence-corrected chi connectivity index (χ1v) is 6.10. The largest absolute Gasteiger partial charge is 0.492 e. The number of carboxylic acids is 1. The van der Waals surface area contributed by atoms with E-state index >= 15 is 0 Å². The van der Waals surface area contributed by atoms with Crippen LogP contribution < -0.4 is 4.74 Å². The lowest BCUT2D eigenvalue weighted by atomic mass is 10.1. The molecule has 1 N–H and O–H groups in total. The number of aliphatic carboxylic acids is 1. The summed E-state index contributed by atoms with van der Waals surface area (Å²) in [5.41, 5.74) is 2.26. The van der Waals surface area contributed by atoms with Gasteiger partial charge >= 0.3 is 5.97 Å². The van der Waals surface area contributed by atoms with Crippen molar-refractivity contribution >= 4 is 5.97 Å². The van der Waals surface area contributed by atoms with Crippen molar-refractivity contribution in [2.24, 2.45) is 0 Å². The maximum Gasteiger partial charge on any atom is 0.304 e. The molecule has 1 aromatic carbocycles. The van der Waals surface area contributed by atoms with Gasteiger partial charge in [-0.3, -0.25) is 4.79 Å². The van der Waals surface area contributed by atoms with Crippen molar-refractivity contribution in [3.05, 3.63) is 29.3 Å². The third-order valence-electron chi connectivity index (χ3n) is 2.84. The first kappa shape index (κ1) is 14.5. The molecular formula is C14H21NO3. The van der Waals surface area contributed by atoms with Crippen LogP contribution in [-0.4, -0.2) is 42.7 Å². The molecular weight excluding hydrogens is 230 g/mol. The van der Waals surface area contributed by atoms with Crippen LogP contribution in [0.4, 0.5) is 0 Å².